The predicted molar refractivity (Wildman–Crippen MR) is 56.7 cm³/mol. The molecule has 0 rings (SSSR count). The molecule has 0 aromatic heterocycles. The molecule has 0 fully saturated rings. The van der Waals surface area contributed by atoms with Crippen molar-refractivity contribution < 1.29 is 40.0 Å². The van der Waals surface area contributed by atoms with Gasteiger partial charge in [0.2, 0.25) is 0 Å². The molecule has 0 aliphatic rings. The Morgan fingerprint density at radius 1 is 0.944 bits per heavy atom. The van der Waals surface area contributed by atoms with Gasteiger partial charge >= 0.3 is 18.7 Å². The maximum Gasteiger partial charge on any atom is 0.820 e. The highest BCUT2D eigenvalue weighted by molar-refractivity contribution is 8.05. The Labute approximate surface area is 102 Å². The molecule has 0 saturated heterocycles. The summed E-state index contributed by atoms with van der Waals surface area (Å²) in [6.07, 6.45) is 1.14. The van der Waals surface area contributed by atoms with Crippen LogP contribution < -0.4 is 0 Å². The van der Waals surface area contributed by atoms with Gasteiger partial charge in [0.05, 0.1) is 12.5 Å². The van der Waals surface area contributed by atoms with Crippen LogP contribution in [0.1, 0.15) is 0 Å². The molecule has 0 aliphatic carbocycles. The molecular formula is C4H6N4O7PS2+. The van der Waals surface area contributed by atoms with E-state index in [9.17, 15) is 21.4 Å². The summed E-state index contributed by atoms with van der Waals surface area (Å²) >= 11 is 0. The molecule has 14 heteroatoms. The zero-order valence-corrected chi connectivity index (χ0v) is 11.4. The summed E-state index contributed by atoms with van der Waals surface area (Å²) in [5, 5.41) is -2.70. The van der Waals surface area contributed by atoms with Gasteiger partial charge in [-0.05, 0) is 0 Å². The average molecular weight is 317 g/mol. The first-order chi connectivity index (χ1) is 8.02. The molecule has 0 atom stereocenters. The van der Waals surface area contributed by atoms with E-state index in [1.807, 2.05) is 0 Å². The Morgan fingerprint density at radius 2 is 1.22 bits per heavy atom. The first-order valence-electron chi connectivity index (χ1n) is 3.69. The molecule has 11 nitrogen and oxygen atoms in total. The van der Waals surface area contributed by atoms with Crippen LogP contribution in [0.2, 0.25) is 0 Å². The van der Waals surface area contributed by atoms with Gasteiger partial charge in [0.1, 0.15) is 0 Å². The molecule has 0 aromatic carbocycles. The van der Waals surface area contributed by atoms with Gasteiger partial charge in [-0.15, -0.1) is 18.6 Å². The van der Waals surface area contributed by atoms with Gasteiger partial charge in [0.15, 0.2) is 0 Å². The van der Waals surface area contributed by atoms with Gasteiger partial charge in [-0.3, -0.25) is 0 Å². The second-order valence-electron chi connectivity index (χ2n) is 2.68. The number of rotatable bonds is 2. The Bertz CT molecular complexity index is 608. The Hall–Kier alpha value is -1.64. The van der Waals surface area contributed by atoms with Gasteiger partial charge in [0.25, 0.3) is 19.7 Å². The molecule has 18 heavy (non-hydrogen) atoms. The second-order valence-corrected chi connectivity index (χ2v) is 7.28. The van der Waals surface area contributed by atoms with Crippen LogP contribution >= 0.6 is 8.25 Å². The van der Waals surface area contributed by atoms with E-state index in [-0.39, 0.29) is 0 Å². The molecule has 0 heterocycles. The van der Waals surface area contributed by atoms with E-state index in [1.165, 1.54) is 0 Å². The van der Waals surface area contributed by atoms with E-state index in [0.717, 1.165) is 0 Å². The van der Waals surface area contributed by atoms with Crippen LogP contribution in [0.25, 0.3) is 11.1 Å². The maximum atomic E-state index is 11.1. The Balaban J connectivity index is 5.06. The van der Waals surface area contributed by atoms with Gasteiger partial charge < -0.3 is 11.1 Å². The van der Waals surface area contributed by atoms with Crippen LogP contribution in [0, 0.1) is 0 Å². The van der Waals surface area contributed by atoms with Crippen molar-refractivity contribution in [2.75, 3.05) is 12.5 Å². The number of hydrogen-bond donors (Lipinski definition) is 0. The third-order valence-corrected chi connectivity index (χ3v) is 3.59. The minimum atomic E-state index is -4.13. The highest BCUT2D eigenvalue weighted by atomic mass is 32.2. The van der Waals surface area contributed by atoms with Gasteiger partial charge in [0, 0.05) is 4.57 Å². The van der Waals surface area contributed by atoms with Gasteiger partial charge in [-0.2, -0.15) is 0 Å². The monoisotopic (exact) mass is 317 g/mol. The van der Waals surface area contributed by atoms with Crippen molar-refractivity contribution in [1.82, 2.24) is 0 Å². The molecule has 0 spiro atoms. The van der Waals surface area contributed by atoms with E-state index in [4.69, 9.17) is 11.1 Å². The molecule has 0 aliphatic heterocycles. The summed E-state index contributed by atoms with van der Waals surface area (Å²) < 4.78 is 62.5. The number of sulfone groups is 2. The van der Waals surface area contributed by atoms with E-state index < -0.39 is 38.4 Å². The highest BCUT2D eigenvalue weighted by Crippen LogP contribution is 2.25. The third kappa shape index (κ3) is 5.13. The molecule has 0 amide bonds. The van der Waals surface area contributed by atoms with Crippen molar-refractivity contribution in [1.29, 1.82) is 0 Å². The lowest BCUT2D eigenvalue weighted by atomic mass is 11.5. The van der Waals surface area contributed by atoms with Gasteiger partial charge in [-0.25, -0.2) is 16.8 Å². The standard InChI is InChI=1S/C4H6N4O7PS2/c1-17(10,11)3(7-5)14-16(9)15-4(8-6)18(2,12)13/h1-2H3/q+1. The molecule has 0 bridgehead atoms. The summed E-state index contributed by atoms with van der Waals surface area (Å²) in [5.41, 5.74) is 16.5. The fourth-order valence-corrected chi connectivity index (χ4v) is 2.58. The van der Waals surface area contributed by atoms with Crippen molar-refractivity contribution >= 4 is 38.4 Å². The number of hydrogen-bond acceptors (Lipinski definition) is 7. The van der Waals surface area contributed by atoms with Crippen molar-refractivity contribution in [3.05, 3.63) is 11.1 Å². The molecular weight excluding hydrogens is 311 g/mol. The summed E-state index contributed by atoms with van der Waals surface area (Å²) in [5.74, 6) is 0. The van der Waals surface area contributed by atoms with Crippen molar-refractivity contribution in [2.24, 2.45) is 0 Å². The number of nitrogens with zero attached hydrogens (tertiary/aromatic N) is 4. The molecule has 0 unspecified atom stereocenters. The SMILES string of the molecule is CS(=O)(=O)C(=[N+]=[N-])O[P+](=O)OC(=[N+]=[N-])S(C)(=O)=O. The van der Waals surface area contributed by atoms with Crippen LogP contribution in [0.5, 0.6) is 0 Å². The minimum Gasteiger partial charge on any atom is -0.356 e. The summed E-state index contributed by atoms with van der Waals surface area (Å²) in [6, 6.07) is 0. The van der Waals surface area contributed by atoms with E-state index in [1.54, 1.807) is 0 Å². The lowest BCUT2D eigenvalue weighted by Gasteiger charge is -1.85. The van der Waals surface area contributed by atoms with Crippen LogP contribution in [0.15, 0.2) is 0 Å². The largest absolute Gasteiger partial charge is 0.820 e. The fraction of sp³-hybridized carbons (Fsp3) is 0.500. The summed E-state index contributed by atoms with van der Waals surface area (Å²) in [6.45, 7) is 0. The van der Waals surface area contributed by atoms with Crippen LogP contribution in [0.3, 0.4) is 0 Å². The molecule has 0 N–H and O–H groups in total. The predicted octanol–water partition coefficient (Wildman–Crippen LogP) is -1.06. The van der Waals surface area contributed by atoms with E-state index in [2.05, 4.69) is 18.6 Å². The Kier molecular flexibility index (Phi) is 5.28. The molecule has 100 valence electrons. The van der Waals surface area contributed by atoms with Crippen molar-refractivity contribution in [3.63, 3.8) is 0 Å². The quantitative estimate of drug-likeness (QED) is 0.205. The average Bonchev–Trinajstić information content (AvgIpc) is 2.19. The maximum absolute atomic E-state index is 11.1. The van der Waals surface area contributed by atoms with Crippen LogP contribution in [-0.4, -0.2) is 49.4 Å². The van der Waals surface area contributed by atoms with Crippen LogP contribution in [0.4, 0.5) is 0 Å². The smallest absolute Gasteiger partial charge is 0.356 e. The zero-order chi connectivity index (χ0) is 14.6. The van der Waals surface area contributed by atoms with Gasteiger partial charge in [-0.1, -0.05) is 0 Å². The van der Waals surface area contributed by atoms with E-state index in [0.29, 0.717) is 12.5 Å². The lowest BCUT2D eigenvalue weighted by Crippen LogP contribution is -2.18. The minimum absolute atomic E-state index is 0.572. The second kappa shape index (κ2) is 5.80. The summed E-state index contributed by atoms with van der Waals surface area (Å²) in [4.78, 5) is 4.37. The molecule has 0 saturated carbocycles. The molecule has 0 aromatic rings. The van der Waals surface area contributed by atoms with Crippen LogP contribution in [-0.2, 0) is 33.3 Å². The van der Waals surface area contributed by atoms with Crippen molar-refractivity contribution in [3.8, 4) is 0 Å². The van der Waals surface area contributed by atoms with Crippen molar-refractivity contribution in [2.45, 2.75) is 0 Å². The first-order valence-corrected chi connectivity index (χ1v) is 8.57. The normalized spacial score (nSPS) is 11.8. The highest BCUT2D eigenvalue weighted by Gasteiger charge is 2.45. The Morgan fingerprint density at radius 3 is 1.39 bits per heavy atom. The molecule has 0 radical (unpaired) electrons. The third-order valence-electron chi connectivity index (χ3n) is 1.10. The first kappa shape index (κ1) is 16.4. The zero-order valence-electron chi connectivity index (χ0n) is 8.91. The fourth-order valence-electron chi connectivity index (χ4n) is 0.466. The van der Waals surface area contributed by atoms with E-state index >= 15 is 0 Å². The summed E-state index contributed by atoms with van der Waals surface area (Å²) in [7, 11) is -11.6. The lowest BCUT2D eigenvalue weighted by molar-refractivity contribution is -0.0254. The topological polar surface area (TPSA) is 177 Å².